The molecule has 0 saturated heterocycles. The first-order valence-electron chi connectivity index (χ1n) is 11.0. The maximum atomic E-state index is 12.1. The molecule has 0 aromatic heterocycles. The van der Waals surface area contributed by atoms with Gasteiger partial charge in [-0.25, -0.2) is 8.42 Å². The number of anilines is 1. The standard InChI is InChI=1S/C23H27NO8S4/c1-15(2)34(25,26)24-20-10-9-19(23(14-20)36(30,31)32)8-7-18-6-5-17(13-22(18)35(27,28)29)12-21(33)11-16-3-4-16/h5-10,13-16,24H,3-4,11-12H2,1-2H3,(H,27,28,29)(H,30,31,32)/b8-7+. The van der Waals surface area contributed by atoms with Crippen molar-refractivity contribution in [3.8, 4) is 0 Å². The second-order valence-corrected chi connectivity index (χ2v) is 14.6. The van der Waals surface area contributed by atoms with E-state index in [1.165, 1.54) is 50.3 Å². The molecule has 0 heterocycles. The molecule has 0 unspecified atom stereocenters. The van der Waals surface area contributed by atoms with E-state index in [9.17, 15) is 34.4 Å². The molecule has 196 valence electrons. The smallest absolute Gasteiger partial charge is 0.283 e. The number of benzene rings is 2. The van der Waals surface area contributed by atoms with Crippen LogP contribution in [0.3, 0.4) is 0 Å². The predicted molar refractivity (Wildman–Crippen MR) is 143 cm³/mol. The van der Waals surface area contributed by atoms with Crippen molar-refractivity contribution >= 4 is 65.2 Å². The Hall–Kier alpha value is -2.16. The third-order valence-corrected chi connectivity index (χ3v) is 9.48. The van der Waals surface area contributed by atoms with E-state index in [1.54, 1.807) is 6.07 Å². The SMILES string of the molecule is CC(C)S(=O)(=O)Nc1ccc(/C=C/c2ccc(CC(=S)CC3CC3)cc2S(=O)(=O)O)c(S(=O)(=O)O)c1. The Morgan fingerprint density at radius 3 is 1.97 bits per heavy atom. The number of sulfonamides is 1. The van der Waals surface area contributed by atoms with Crippen molar-refractivity contribution in [3.63, 3.8) is 0 Å². The molecule has 0 spiro atoms. The van der Waals surface area contributed by atoms with E-state index in [4.69, 9.17) is 12.2 Å². The monoisotopic (exact) mass is 573 g/mol. The first-order valence-corrected chi connectivity index (χ1v) is 15.8. The minimum absolute atomic E-state index is 0.0269. The molecule has 36 heavy (non-hydrogen) atoms. The van der Waals surface area contributed by atoms with Gasteiger partial charge in [-0.1, -0.05) is 42.6 Å². The van der Waals surface area contributed by atoms with Crippen LogP contribution >= 0.6 is 12.2 Å². The Kier molecular flexibility index (Phi) is 8.43. The number of rotatable bonds is 11. The Labute approximate surface area is 217 Å². The van der Waals surface area contributed by atoms with Gasteiger partial charge in [0.05, 0.1) is 5.25 Å². The number of hydrogen-bond donors (Lipinski definition) is 3. The van der Waals surface area contributed by atoms with Crippen LogP contribution in [0.25, 0.3) is 12.2 Å². The molecule has 0 bridgehead atoms. The van der Waals surface area contributed by atoms with Crippen molar-refractivity contribution in [2.24, 2.45) is 5.92 Å². The molecule has 1 aliphatic carbocycles. The molecule has 0 radical (unpaired) electrons. The van der Waals surface area contributed by atoms with Crippen LogP contribution in [0, 0.1) is 5.92 Å². The summed E-state index contributed by atoms with van der Waals surface area (Å²) in [5.74, 6) is 0.588. The molecule has 9 nitrogen and oxygen atoms in total. The zero-order chi connectivity index (χ0) is 26.9. The lowest BCUT2D eigenvalue weighted by Crippen LogP contribution is -2.22. The van der Waals surface area contributed by atoms with Gasteiger partial charge in [0, 0.05) is 12.1 Å². The molecule has 2 aromatic carbocycles. The van der Waals surface area contributed by atoms with Gasteiger partial charge < -0.3 is 0 Å². The lowest BCUT2D eigenvalue weighted by atomic mass is 10.0. The Morgan fingerprint density at radius 1 is 0.944 bits per heavy atom. The second kappa shape index (κ2) is 10.7. The summed E-state index contributed by atoms with van der Waals surface area (Å²) in [6.45, 7) is 2.89. The van der Waals surface area contributed by atoms with Crippen LogP contribution in [0.2, 0.25) is 0 Å². The van der Waals surface area contributed by atoms with Gasteiger partial charge in [0.25, 0.3) is 20.2 Å². The molecule has 0 amide bonds. The van der Waals surface area contributed by atoms with Crippen LogP contribution in [0.1, 0.15) is 49.8 Å². The van der Waals surface area contributed by atoms with Gasteiger partial charge in [-0.2, -0.15) is 16.8 Å². The van der Waals surface area contributed by atoms with Crippen LogP contribution in [-0.2, 0) is 36.7 Å². The highest BCUT2D eigenvalue weighted by molar-refractivity contribution is 7.93. The lowest BCUT2D eigenvalue weighted by molar-refractivity contribution is 0.480. The van der Waals surface area contributed by atoms with E-state index in [0.29, 0.717) is 17.9 Å². The summed E-state index contributed by atoms with van der Waals surface area (Å²) < 4.78 is 93.9. The second-order valence-electron chi connectivity index (χ2n) is 8.97. The zero-order valence-electron chi connectivity index (χ0n) is 19.6. The molecule has 2 aromatic rings. The number of nitrogens with one attached hydrogen (secondary N) is 1. The summed E-state index contributed by atoms with van der Waals surface area (Å²) in [5.41, 5.74) is 0.602. The molecule has 3 N–H and O–H groups in total. The first kappa shape index (κ1) is 28.4. The van der Waals surface area contributed by atoms with Gasteiger partial charge in [-0.15, -0.1) is 0 Å². The van der Waals surface area contributed by atoms with Crippen molar-refractivity contribution in [2.45, 2.75) is 54.6 Å². The predicted octanol–water partition coefficient (Wildman–Crippen LogP) is 4.21. The lowest BCUT2D eigenvalue weighted by Gasteiger charge is -2.12. The summed E-state index contributed by atoms with van der Waals surface area (Å²) >= 11 is 5.39. The fourth-order valence-electron chi connectivity index (χ4n) is 3.41. The van der Waals surface area contributed by atoms with Crippen molar-refractivity contribution in [1.29, 1.82) is 0 Å². The van der Waals surface area contributed by atoms with Crippen molar-refractivity contribution < 1.29 is 34.4 Å². The third-order valence-electron chi connectivity index (χ3n) is 5.59. The number of thiocarbonyl (C=S) groups is 1. The van der Waals surface area contributed by atoms with Crippen molar-refractivity contribution in [2.75, 3.05) is 4.72 Å². The van der Waals surface area contributed by atoms with Crippen LogP contribution < -0.4 is 4.72 Å². The van der Waals surface area contributed by atoms with Gasteiger partial charge in [-0.05, 0) is 78.8 Å². The molecular formula is C23H27NO8S4. The average molecular weight is 574 g/mol. The average Bonchev–Trinajstić information content (AvgIpc) is 3.55. The summed E-state index contributed by atoms with van der Waals surface area (Å²) in [6, 6.07) is 7.98. The first-order chi connectivity index (χ1) is 16.6. The van der Waals surface area contributed by atoms with Crippen LogP contribution in [0.4, 0.5) is 5.69 Å². The quantitative estimate of drug-likeness (QED) is 0.204. The van der Waals surface area contributed by atoms with Gasteiger partial charge in [0.15, 0.2) is 0 Å². The maximum absolute atomic E-state index is 12.1. The number of hydrogen-bond acceptors (Lipinski definition) is 7. The topological polar surface area (TPSA) is 155 Å². The Morgan fingerprint density at radius 2 is 1.47 bits per heavy atom. The van der Waals surface area contributed by atoms with Gasteiger partial charge in [-0.3, -0.25) is 13.8 Å². The molecule has 1 aliphatic rings. The maximum Gasteiger partial charge on any atom is 0.295 e. The molecule has 1 saturated carbocycles. The fourth-order valence-corrected chi connectivity index (χ4v) is 5.95. The largest absolute Gasteiger partial charge is 0.295 e. The zero-order valence-corrected chi connectivity index (χ0v) is 22.8. The summed E-state index contributed by atoms with van der Waals surface area (Å²) in [4.78, 5) is -0.161. The highest BCUT2D eigenvalue weighted by atomic mass is 32.2. The molecule has 1 fully saturated rings. The van der Waals surface area contributed by atoms with E-state index < -0.39 is 40.4 Å². The minimum atomic E-state index is -4.77. The highest BCUT2D eigenvalue weighted by Gasteiger charge is 2.23. The molecule has 3 rings (SSSR count). The van der Waals surface area contributed by atoms with Crippen LogP contribution in [-0.4, -0.2) is 44.5 Å². The Bertz CT molecular complexity index is 1520. The molecule has 0 aliphatic heterocycles. The molecular weight excluding hydrogens is 547 g/mol. The van der Waals surface area contributed by atoms with E-state index in [-0.39, 0.29) is 21.7 Å². The highest BCUT2D eigenvalue weighted by Crippen LogP contribution is 2.33. The summed E-state index contributed by atoms with van der Waals surface area (Å²) in [6.07, 6.45) is 5.97. The van der Waals surface area contributed by atoms with Gasteiger partial charge >= 0.3 is 0 Å². The third kappa shape index (κ3) is 7.67. The fraction of sp³-hybridized carbons (Fsp3) is 0.348. The van der Waals surface area contributed by atoms with E-state index in [2.05, 4.69) is 4.72 Å². The van der Waals surface area contributed by atoms with E-state index in [0.717, 1.165) is 30.2 Å². The van der Waals surface area contributed by atoms with E-state index in [1.807, 2.05) is 0 Å². The van der Waals surface area contributed by atoms with Crippen LogP contribution in [0.5, 0.6) is 0 Å². The van der Waals surface area contributed by atoms with Gasteiger partial charge in [0.2, 0.25) is 10.0 Å². The van der Waals surface area contributed by atoms with Crippen molar-refractivity contribution in [3.05, 3.63) is 53.1 Å². The Balaban J connectivity index is 1.96. The van der Waals surface area contributed by atoms with Crippen LogP contribution in [0.15, 0.2) is 46.2 Å². The summed E-state index contributed by atoms with van der Waals surface area (Å²) in [7, 11) is -13.2. The van der Waals surface area contributed by atoms with Crippen molar-refractivity contribution in [1.82, 2.24) is 0 Å². The van der Waals surface area contributed by atoms with E-state index >= 15 is 0 Å². The molecule has 0 atom stereocenters. The minimum Gasteiger partial charge on any atom is -0.283 e. The normalized spacial score (nSPS) is 14.9. The van der Waals surface area contributed by atoms with Gasteiger partial charge in [0.1, 0.15) is 9.79 Å². The molecule has 13 heteroatoms. The summed E-state index contributed by atoms with van der Waals surface area (Å²) in [5, 5.41) is -0.781.